The lowest BCUT2D eigenvalue weighted by Crippen LogP contribution is -2.47. The molecule has 0 amide bonds. The van der Waals surface area contributed by atoms with Gasteiger partial charge in [0.1, 0.15) is 0 Å². The zero-order chi connectivity index (χ0) is 13.3. The van der Waals surface area contributed by atoms with Gasteiger partial charge in [-0.3, -0.25) is 0 Å². The summed E-state index contributed by atoms with van der Waals surface area (Å²) in [7, 11) is 0. The van der Waals surface area contributed by atoms with Crippen LogP contribution < -0.4 is 5.32 Å². The Morgan fingerprint density at radius 1 is 1.00 bits per heavy atom. The lowest BCUT2D eigenvalue weighted by molar-refractivity contribution is 0.0556. The molecule has 2 heteroatoms. The number of likely N-dealkylation sites (tertiary alicyclic amines) is 1. The van der Waals surface area contributed by atoms with Crippen LogP contribution in [-0.2, 0) is 0 Å². The zero-order valence-corrected chi connectivity index (χ0v) is 13.0. The molecule has 3 rings (SSSR count). The lowest BCUT2D eigenvalue weighted by Gasteiger charge is -2.44. The summed E-state index contributed by atoms with van der Waals surface area (Å²) in [4.78, 5) is 2.79. The third kappa shape index (κ3) is 2.71. The maximum absolute atomic E-state index is 3.61. The summed E-state index contributed by atoms with van der Waals surface area (Å²) in [6, 6.07) is 0. The minimum Gasteiger partial charge on any atom is -0.316 e. The van der Waals surface area contributed by atoms with Crippen LogP contribution in [0, 0.1) is 16.7 Å². The Bertz CT molecular complexity index is 288. The molecule has 19 heavy (non-hydrogen) atoms. The minimum atomic E-state index is 0.556. The first-order valence-corrected chi connectivity index (χ1v) is 8.57. The van der Waals surface area contributed by atoms with Gasteiger partial charge in [-0.2, -0.15) is 0 Å². The number of hydrogen-bond acceptors (Lipinski definition) is 2. The highest BCUT2D eigenvalue weighted by Gasteiger charge is 2.41. The van der Waals surface area contributed by atoms with Gasteiger partial charge in [0.15, 0.2) is 0 Å². The standard InChI is InChI=1S/C17H32N2/c1-15(2)17(7-10-18-13-17)14-19-11-8-16(9-12-19)5-3-4-6-16/h15,18H,3-14H2,1-2H3. The Hall–Kier alpha value is -0.0800. The molecule has 1 spiro atoms. The predicted octanol–water partition coefficient (Wildman–Crippen LogP) is 3.28. The maximum Gasteiger partial charge on any atom is 0.00531 e. The van der Waals surface area contributed by atoms with E-state index >= 15 is 0 Å². The summed E-state index contributed by atoms with van der Waals surface area (Å²) >= 11 is 0. The molecule has 0 bridgehead atoms. The Labute approximate surface area is 119 Å². The van der Waals surface area contributed by atoms with E-state index in [1.54, 1.807) is 0 Å². The van der Waals surface area contributed by atoms with Crippen LogP contribution in [-0.4, -0.2) is 37.6 Å². The summed E-state index contributed by atoms with van der Waals surface area (Å²) in [5.41, 5.74) is 1.33. The average molecular weight is 264 g/mol. The van der Waals surface area contributed by atoms with Gasteiger partial charge in [0, 0.05) is 13.1 Å². The Morgan fingerprint density at radius 2 is 1.68 bits per heavy atom. The summed E-state index contributed by atoms with van der Waals surface area (Å²) in [6.45, 7) is 11.4. The van der Waals surface area contributed by atoms with Crippen molar-refractivity contribution in [2.45, 2.75) is 58.8 Å². The van der Waals surface area contributed by atoms with Gasteiger partial charge in [-0.1, -0.05) is 26.7 Å². The smallest absolute Gasteiger partial charge is 0.00531 e. The second-order valence-corrected chi connectivity index (χ2v) is 7.93. The van der Waals surface area contributed by atoms with Crippen LogP contribution >= 0.6 is 0 Å². The number of piperidine rings is 1. The zero-order valence-electron chi connectivity index (χ0n) is 13.0. The summed E-state index contributed by atoms with van der Waals surface area (Å²) < 4.78 is 0. The van der Waals surface area contributed by atoms with E-state index in [0.29, 0.717) is 5.41 Å². The fourth-order valence-corrected chi connectivity index (χ4v) is 4.83. The fourth-order valence-electron chi connectivity index (χ4n) is 4.83. The van der Waals surface area contributed by atoms with Crippen molar-refractivity contribution < 1.29 is 0 Å². The highest BCUT2D eigenvalue weighted by molar-refractivity contribution is 4.95. The van der Waals surface area contributed by atoms with E-state index < -0.39 is 0 Å². The van der Waals surface area contributed by atoms with Crippen LogP contribution in [0.5, 0.6) is 0 Å². The van der Waals surface area contributed by atoms with E-state index in [-0.39, 0.29) is 0 Å². The highest BCUT2D eigenvalue weighted by Crippen LogP contribution is 2.47. The first-order valence-electron chi connectivity index (χ1n) is 8.57. The molecule has 1 aliphatic carbocycles. The average Bonchev–Trinajstić information content (AvgIpc) is 3.03. The second-order valence-electron chi connectivity index (χ2n) is 7.93. The van der Waals surface area contributed by atoms with Crippen LogP contribution in [0.4, 0.5) is 0 Å². The van der Waals surface area contributed by atoms with Gasteiger partial charge in [0.05, 0.1) is 0 Å². The van der Waals surface area contributed by atoms with Crippen molar-refractivity contribution in [1.29, 1.82) is 0 Å². The van der Waals surface area contributed by atoms with Crippen LogP contribution in [0.1, 0.15) is 58.8 Å². The molecule has 1 saturated carbocycles. The largest absolute Gasteiger partial charge is 0.316 e. The van der Waals surface area contributed by atoms with Gasteiger partial charge in [-0.25, -0.2) is 0 Å². The van der Waals surface area contributed by atoms with Crippen molar-refractivity contribution in [3.05, 3.63) is 0 Å². The van der Waals surface area contributed by atoms with Gasteiger partial charge in [0.2, 0.25) is 0 Å². The van der Waals surface area contributed by atoms with E-state index in [4.69, 9.17) is 0 Å². The van der Waals surface area contributed by atoms with Gasteiger partial charge >= 0.3 is 0 Å². The van der Waals surface area contributed by atoms with Gasteiger partial charge in [-0.15, -0.1) is 0 Å². The fraction of sp³-hybridized carbons (Fsp3) is 1.00. The van der Waals surface area contributed by atoms with Crippen LogP contribution in [0.3, 0.4) is 0 Å². The van der Waals surface area contributed by atoms with Crippen molar-refractivity contribution >= 4 is 0 Å². The molecule has 1 N–H and O–H groups in total. The number of nitrogens with zero attached hydrogens (tertiary/aromatic N) is 1. The van der Waals surface area contributed by atoms with Gasteiger partial charge < -0.3 is 10.2 Å². The van der Waals surface area contributed by atoms with E-state index in [9.17, 15) is 0 Å². The minimum absolute atomic E-state index is 0.556. The molecule has 2 nitrogen and oxygen atoms in total. The summed E-state index contributed by atoms with van der Waals surface area (Å²) in [5, 5.41) is 3.61. The molecular weight excluding hydrogens is 232 g/mol. The van der Waals surface area contributed by atoms with Gasteiger partial charge in [0.25, 0.3) is 0 Å². The number of nitrogens with one attached hydrogen (secondary N) is 1. The lowest BCUT2D eigenvalue weighted by atomic mass is 9.73. The predicted molar refractivity (Wildman–Crippen MR) is 81.3 cm³/mol. The topological polar surface area (TPSA) is 15.3 Å². The first-order chi connectivity index (χ1) is 9.14. The van der Waals surface area contributed by atoms with Crippen molar-refractivity contribution in [1.82, 2.24) is 10.2 Å². The molecule has 110 valence electrons. The van der Waals surface area contributed by atoms with Crippen molar-refractivity contribution in [2.24, 2.45) is 16.7 Å². The van der Waals surface area contributed by atoms with Crippen LogP contribution in [0.2, 0.25) is 0 Å². The first kappa shape index (κ1) is 13.9. The van der Waals surface area contributed by atoms with E-state index in [0.717, 1.165) is 11.3 Å². The Morgan fingerprint density at radius 3 is 2.21 bits per heavy atom. The summed E-state index contributed by atoms with van der Waals surface area (Å²) in [6.07, 6.45) is 10.4. The van der Waals surface area contributed by atoms with E-state index in [2.05, 4.69) is 24.1 Å². The summed E-state index contributed by atoms with van der Waals surface area (Å²) in [5.74, 6) is 0.810. The molecule has 3 aliphatic rings. The molecule has 0 aromatic carbocycles. The second kappa shape index (κ2) is 5.37. The van der Waals surface area contributed by atoms with Crippen molar-refractivity contribution in [3.8, 4) is 0 Å². The molecule has 0 radical (unpaired) electrons. The normalized spacial score (nSPS) is 35.5. The Balaban J connectivity index is 1.56. The van der Waals surface area contributed by atoms with Crippen molar-refractivity contribution in [2.75, 3.05) is 32.7 Å². The molecule has 3 fully saturated rings. The molecule has 0 aromatic heterocycles. The van der Waals surface area contributed by atoms with Crippen molar-refractivity contribution in [3.63, 3.8) is 0 Å². The molecule has 1 atom stereocenters. The molecule has 2 saturated heterocycles. The SMILES string of the molecule is CC(C)C1(CN2CCC3(CCCC3)CC2)CCNC1. The third-order valence-corrected chi connectivity index (χ3v) is 6.62. The molecule has 1 unspecified atom stereocenters. The van der Waals surface area contributed by atoms with E-state index in [1.807, 2.05) is 0 Å². The molecule has 0 aromatic rings. The maximum atomic E-state index is 3.61. The van der Waals surface area contributed by atoms with Crippen LogP contribution in [0.15, 0.2) is 0 Å². The van der Waals surface area contributed by atoms with Gasteiger partial charge in [-0.05, 0) is 68.5 Å². The highest BCUT2D eigenvalue weighted by atomic mass is 15.1. The number of hydrogen-bond donors (Lipinski definition) is 1. The molecule has 2 heterocycles. The molecular formula is C17H32N2. The molecule has 2 aliphatic heterocycles. The monoisotopic (exact) mass is 264 g/mol. The number of rotatable bonds is 3. The Kier molecular flexibility index (Phi) is 3.92. The quantitative estimate of drug-likeness (QED) is 0.841. The van der Waals surface area contributed by atoms with Crippen LogP contribution in [0.25, 0.3) is 0 Å². The third-order valence-electron chi connectivity index (χ3n) is 6.62. The van der Waals surface area contributed by atoms with E-state index in [1.165, 1.54) is 77.7 Å².